The molecule has 0 spiro atoms. The molecule has 1 aliphatic rings. The van der Waals surface area contributed by atoms with Crippen molar-refractivity contribution in [3.05, 3.63) is 12.2 Å². The van der Waals surface area contributed by atoms with Gasteiger partial charge in [-0.2, -0.15) is 0 Å². The number of aliphatic hydroxyl groups is 1. The molecule has 1 heteroatoms. The van der Waals surface area contributed by atoms with Crippen LogP contribution in [0.15, 0.2) is 12.2 Å². The molecule has 1 rings (SSSR count). The second-order valence-corrected chi connectivity index (χ2v) is 4.41. The van der Waals surface area contributed by atoms with Gasteiger partial charge >= 0.3 is 0 Å². The quantitative estimate of drug-likeness (QED) is 0.642. The van der Waals surface area contributed by atoms with Crippen LogP contribution >= 0.6 is 0 Å². The van der Waals surface area contributed by atoms with Crippen LogP contribution in [0.1, 0.15) is 39.5 Å². The van der Waals surface area contributed by atoms with E-state index in [9.17, 15) is 5.11 Å². The van der Waals surface area contributed by atoms with E-state index < -0.39 is 0 Å². The van der Waals surface area contributed by atoms with Crippen molar-refractivity contribution in [2.75, 3.05) is 0 Å². The van der Waals surface area contributed by atoms with Crippen LogP contribution in [-0.2, 0) is 0 Å². The van der Waals surface area contributed by atoms with Gasteiger partial charge in [-0.25, -0.2) is 0 Å². The number of hydrogen-bond donors (Lipinski definition) is 1. The average molecular weight is 168 g/mol. The van der Waals surface area contributed by atoms with Crippen LogP contribution in [0.2, 0.25) is 0 Å². The molecule has 1 fully saturated rings. The molecule has 0 aliphatic heterocycles. The van der Waals surface area contributed by atoms with Gasteiger partial charge in [0.15, 0.2) is 0 Å². The van der Waals surface area contributed by atoms with E-state index in [4.69, 9.17) is 0 Å². The van der Waals surface area contributed by atoms with Gasteiger partial charge < -0.3 is 5.11 Å². The molecule has 0 aromatic carbocycles. The first-order valence-corrected chi connectivity index (χ1v) is 4.92. The van der Waals surface area contributed by atoms with Crippen LogP contribution < -0.4 is 0 Å². The van der Waals surface area contributed by atoms with Crippen LogP contribution in [0.25, 0.3) is 0 Å². The first-order chi connectivity index (χ1) is 5.59. The molecule has 1 aliphatic carbocycles. The molecule has 0 radical (unpaired) electrons. The minimum absolute atomic E-state index is 0.132. The van der Waals surface area contributed by atoms with Gasteiger partial charge in [0.1, 0.15) is 0 Å². The Morgan fingerprint density at radius 2 is 2.25 bits per heavy atom. The Kier molecular flexibility index (Phi) is 3.33. The summed E-state index contributed by atoms with van der Waals surface area (Å²) in [5.41, 5.74) is 1.10. The van der Waals surface area contributed by atoms with Crippen LogP contribution in [0.4, 0.5) is 0 Å². The van der Waals surface area contributed by atoms with E-state index in [1.165, 1.54) is 19.3 Å². The maximum absolute atomic E-state index is 9.78. The lowest BCUT2D eigenvalue weighted by molar-refractivity contribution is 0.109. The third-order valence-electron chi connectivity index (χ3n) is 2.84. The molecule has 0 aromatic heterocycles. The normalized spacial score (nSPS) is 31.9. The standard InChI is InChI=1S/C11H20O/c1-8(2)6-11(12)10-5-4-9(3)7-10/h9-12H,1,4-7H2,2-3H3. The zero-order valence-corrected chi connectivity index (χ0v) is 8.21. The molecule has 0 saturated heterocycles. The third-order valence-corrected chi connectivity index (χ3v) is 2.84. The van der Waals surface area contributed by atoms with Gasteiger partial charge in [0.25, 0.3) is 0 Å². The Morgan fingerprint density at radius 3 is 2.67 bits per heavy atom. The highest BCUT2D eigenvalue weighted by molar-refractivity contribution is 4.93. The summed E-state index contributed by atoms with van der Waals surface area (Å²) in [5.74, 6) is 1.35. The van der Waals surface area contributed by atoms with E-state index >= 15 is 0 Å². The van der Waals surface area contributed by atoms with E-state index in [0.717, 1.165) is 17.9 Å². The molecule has 3 atom stereocenters. The summed E-state index contributed by atoms with van der Waals surface area (Å²) in [6.45, 7) is 8.08. The van der Waals surface area contributed by atoms with Crippen LogP contribution in [0.3, 0.4) is 0 Å². The zero-order chi connectivity index (χ0) is 9.14. The summed E-state index contributed by atoms with van der Waals surface area (Å²) in [6.07, 6.45) is 4.35. The van der Waals surface area contributed by atoms with Crippen molar-refractivity contribution in [1.29, 1.82) is 0 Å². The number of aliphatic hydroxyl groups excluding tert-OH is 1. The SMILES string of the molecule is C=C(C)CC(O)C1CCC(C)C1. The van der Waals surface area contributed by atoms with Crippen LogP contribution in [0.5, 0.6) is 0 Å². The predicted molar refractivity (Wildman–Crippen MR) is 51.9 cm³/mol. The molecule has 1 nitrogen and oxygen atoms in total. The van der Waals surface area contributed by atoms with Gasteiger partial charge in [0, 0.05) is 0 Å². The molecule has 0 aromatic rings. The fraction of sp³-hybridized carbons (Fsp3) is 0.818. The van der Waals surface area contributed by atoms with Gasteiger partial charge in [-0.3, -0.25) is 0 Å². The zero-order valence-electron chi connectivity index (χ0n) is 8.21. The van der Waals surface area contributed by atoms with E-state index in [0.29, 0.717) is 5.92 Å². The summed E-state index contributed by atoms with van der Waals surface area (Å²) in [4.78, 5) is 0. The highest BCUT2D eigenvalue weighted by atomic mass is 16.3. The second kappa shape index (κ2) is 4.08. The third kappa shape index (κ3) is 2.63. The molecule has 0 bridgehead atoms. The summed E-state index contributed by atoms with van der Waals surface area (Å²) < 4.78 is 0. The smallest absolute Gasteiger partial charge is 0.0605 e. The first kappa shape index (κ1) is 9.79. The Labute approximate surface area is 75.5 Å². The maximum atomic E-state index is 9.78. The minimum Gasteiger partial charge on any atom is -0.393 e. The maximum Gasteiger partial charge on any atom is 0.0605 e. The van der Waals surface area contributed by atoms with Gasteiger partial charge in [-0.15, -0.1) is 6.58 Å². The first-order valence-electron chi connectivity index (χ1n) is 4.92. The predicted octanol–water partition coefficient (Wildman–Crippen LogP) is 2.75. The molecular weight excluding hydrogens is 148 g/mol. The van der Waals surface area contributed by atoms with Crippen LogP contribution in [-0.4, -0.2) is 11.2 Å². The summed E-state index contributed by atoms with van der Waals surface area (Å²) in [6, 6.07) is 0. The summed E-state index contributed by atoms with van der Waals surface area (Å²) in [5, 5.41) is 9.78. The highest BCUT2D eigenvalue weighted by Gasteiger charge is 2.26. The summed E-state index contributed by atoms with van der Waals surface area (Å²) >= 11 is 0. The topological polar surface area (TPSA) is 20.2 Å². The average Bonchev–Trinajstić information content (AvgIpc) is 2.34. The van der Waals surface area contributed by atoms with Gasteiger partial charge in [-0.05, 0) is 38.0 Å². The lowest BCUT2D eigenvalue weighted by atomic mass is 9.95. The van der Waals surface area contributed by atoms with E-state index in [1.54, 1.807) is 0 Å². The highest BCUT2D eigenvalue weighted by Crippen LogP contribution is 2.34. The molecular formula is C11H20O. The molecule has 12 heavy (non-hydrogen) atoms. The fourth-order valence-electron chi connectivity index (χ4n) is 2.12. The van der Waals surface area contributed by atoms with Crippen molar-refractivity contribution in [1.82, 2.24) is 0 Å². The lowest BCUT2D eigenvalue weighted by Crippen LogP contribution is -2.17. The van der Waals surface area contributed by atoms with Gasteiger partial charge in [0.05, 0.1) is 6.10 Å². The molecule has 0 amide bonds. The number of hydrogen-bond acceptors (Lipinski definition) is 1. The van der Waals surface area contributed by atoms with Crippen LogP contribution in [0, 0.1) is 11.8 Å². The van der Waals surface area contributed by atoms with E-state index in [2.05, 4.69) is 13.5 Å². The molecule has 1 N–H and O–H groups in total. The van der Waals surface area contributed by atoms with Crippen molar-refractivity contribution >= 4 is 0 Å². The van der Waals surface area contributed by atoms with Crippen molar-refractivity contribution in [3.63, 3.8) is 0 Å². The van der Waals surface area contributed by atoms with Crippen molar-refractivity contribution in [2.45, 2.75) is 45.6 Å². The van der Waals surface area contributed by atoms with E-state index in [-0.39, 0.29) is 6.10 Å². The Hall–Kier alpha value is -0.300. The fourth-order valence-corrected chi connectivity index (χ4v) is 2.12. The second-order valence-electron chi connectivity index (χ2n) is 4.41. The molecule has 70 valence electrons. The largest absolute Gasteiger partial charge is 0.393 e. The van der Waals surface area contributed by atoms with Gasteiger partial charge in [-0.1, -0.05) is 18.9 Å². The Morgan fingerprint density at radius 1 is 1.58 bits per heavy atom. The van der Waals surface area contributed by atoms with Gasteiger partial charge in [0.2, 0.25) is 0 Å². The van der Waals surface area contributed by atoms with Crippen molar-refractivity contribution in [2.24, 2.45) is 11.8 Å². The Balaban J connectivity index is 2.32. The minimum atomic E-state index is -0.132. The van der Waals surface area contributed by atoms with Crippen molar-refractivity contribution < 1.29 is 5.11 Å². The molecule has 3 unspecified atom stereocenters. The van der Waals surface area contributed by atoms with Crippen molar-refractivity contribution in [3.8, 4) is 0 Å². The summed E-state index contributed by atoms with van der Waals surface area (Å²) in [7, 11) is 0. The molecule has 1 saturated carbocycles. The lowest BCUT2D eigenvalue weighted by Gasteiger charge is -2.17. The molecule has 0 heterocycles. The van der Waals surface area contributed by atoms with E-state index in [1.807, 2.05) is 6.92 Å². The number of rotatable bonds is 3. The monoisotopic (exact) mass is 168 g/mol. The Bertz CT molecular complexity index is 162.